The van der Waals surface area contributed by atoms with Crippen molar-refractivity contribution in [3.05, 3.63) is 58.2 Å². The number of carbonyl (C=O) groups excluding carboxylic acids is 1. The van der Waals surface area contributed by atoms with Gasteiger partial charge in [-0.25, -0.2) is 9.97 Å². The van der Waals surface area contributed by atoms with Gasteiger partial charge in [-0.2, -0.15) is 0 Å². The summed E-state index contributed by atoms with van der Waals surface area (Å²) in [6.07, 6.45) is 3.44. The molecule has 0 atom stereocenters. The minimum absolute atomic E-state index is 0.128. The molecule has 8 heteroatoms. The van der Waals surface area contributed by atoms with Crippen LogP contribution in [0.5, 0.6) is 0 Å². The highest BCUT2D eigenvalue weighted by Crippen LogP contribution is 2.26. The number of carbonyl (C=O) groups is 1. The summed E-state index contributed by atoms with van der Waals surface area (Å²) < 4.78 is 1.93. The minimum Gasteiger partial charge on any atom is -0.308 e. The molecular weight excluding hydrogens is 390 g/mol. The van der Waals surface area contributed by atoms with Crippen LogP contribution in [-0.2, 0) is 12.8 Å². The van der Waals surface area contributed by atoms with Crippen LogP contribution in [-0.4, -0.2) is 36.3 Å². The van der Waals surface area contributed by atoms with Gasteiger partial charge in [-0.1, -0.05) is 29.6 Å². The van der Waals surface area contributed by atoms with E-state index in [9.17, 15) is 4.79 Å². The van der Waals surface area contributed by atoms with Gasteiger partial charge in [0.25, 0.3) is 0 Å². The number of rotatable bonds is 7. The highest BCUT2D eigenvalue weighted by molar-refractivity contribution is 7.99. The van der Waals surface area contributed by atoms with Gasteiger partial charge in [0.2, 0.25) is 0 Å². The van der Waals surface area contributed by atoms with Gasteiger partial charge in [0, 0.05) is 25.0 Å². The molecule has 0 fully saturated rings. The summed E-state index contributed by atoms with van der Waals surface area (Å²) in [6, 6.07) is 3.93. The second-order valence-corrected chi connectivity index (χ2v) is 8.51. The summed E-state index contributed by atoms with van der Waals surface area (Å²) in [5, 5.41) is 9.93. The molecule has 0 saturated heterocycles. The standard InChI is InChI=1S/C20H23N5OS2/c1-12-9-13(2)15(4)18(14(12)3)16(26)10-28-20-24-23-17(25(20)5)11-27-19-21-7-6-8-22-19/h6-9H,10-11H2,1-5H3. The van der Waals surface area contributed by atoms with Crippen molar-refractivity contribution in [1.82, 2.24) is 24.7 Å². The Bertz CT molecular complexity index is 975. The molecule has 2 heterocycles. The van der Waals surface area contributed by atoms with E-state index in [4.69, 9.17) is 0 Å². The van der Waals surface area contributed by atoms with Crippen LogP contribution in [0.25, 0.3) is 0 Å². The molecule has 6 nitrogen and oxygen atoms in total. The monoisotopic (exact) mass is 413 g/mol. The molecule has 0 N–H and O–H groups in total. The highest BCUT2D eigenvalue weighted by atomic mass is 32.2. The lowest BCUT2D eigenvalue weighted by Gasteiger charge is -2.14. The molecule has 3 rings (SSSR count). The summed E-state index contributed by atoms with van der Waals surface area (Å²) in [4.78, 5) is 21.3. The van der Waals surface area contributed by atoms with Gasteiger partial charge in [-0.05, 0) is 56.0 Å². The van der Waals surface area contributed by atoms with E-state index in [2.05, 4.69) is 40.1 Å². The molecule has 0 amide bonds. The van der Waals surface area contributed by atoms with Gasteiger partial charge in [0.15, 0.2) is 16.1 Å². The van der Waals surface area contributed by atoms with Crippen molar-refractivity contribution in [3.63, 3.8) is 0 Å². The Morgan fingerprint density at radius 1 is 1.00 bits per heavy atom. The predicted molar refractivity (Wildman–Crippen MR) is 113 cm³/mol. The van der Waals surface area contributed by atoms with E-state index in [0.29, 0.717) is 16.7 Å². The van der Waals surface area contributed by atoms with E-state index in [0.717, 1.165) is 38.8 Å². The van der Waals surface area contributed by atoms with Gasteiger partial charge < -0.3 is 4.57 Å². The minimum atomic E-state index is 0.128. The molecule has 0 bridgehead atoms. The molecular formula is C20H23N5OS2. The molecule has 28 heavy (non-hydrogen) atoms. The number of benzene rings is 1. The molecule has 0 saturated carbocycles. The average Bonchev–Trinajstić information content (AvgIpc) is 3.04. The first kappa shape index (κ1) is 20.5. The summed E-state index contributed by atoms with van der Waals surface area (Å²) in [7, 11) is 1.92. The van der Waals surface area contributed by atoms with Crippen LogP contribution in [0.2, 0.25) is 0 Å². The van der Waals surface area contributed by atoms with Gasteiger partial charge in [-0.3, -0.25) is 4.79 Å². The van der Waals surface area contributed by atoms with Crippen molar-refractivity contribution in [2.45, 2.75) is 43.8 Å². The third-order valence-corrected chi connectivity index (χ3v) is 6.67. The largest absolute Gasteiger partial charge is 0.308 e. The highest BCUT2D eigenvalue weighted by Gasteiger charge is 2.18. The Kier molecular flexibility index (Phi) is 6.51. The van der Waals surface area contributed by atoms with Gasteiger partial charge in [0.05, 0.1) is 11.5 Å². The zero-order valence-electron chi connectivity index (χ0n) is 16.7. The van der Waals surface area contributed by atoms with E-state index in [1.807, 2.05) is 25.5 Å². The number of hydrogen-bond donors (Lipinski definition) is 0. The molecule has 0 radical (unpaired) electrons. The summed E-state index contributed by atoms with van der Waals surface area (Å²) in [6.45, 7) is 8.13. The Labute approximate surface area is 173 Å². The predicted octanol–water partition coefficient (Wildman–Crippen LogP) is 4.11. The number of ketones is 1. The quantitative estimate of drug-likeness (QED) is 0.328. The molecule has 3 aromatic rings. The normalized spacial score (nSPS) is 11.0. The number of nitrogens with zero attached hydrogens (tertiary/aromatic N) is 5. The van der Waals surface area contributed by atoms with Gasteiger partial charge in [0.1, 0.15) is 5.82 Å². The number of thioether (sulfide) groups is 2. The number of aryl methyl sites for hydroxylation is 2. The van der Waals surface area contributed by atoms with Crippen LogP contribution < -0.4 is 0 Å². The Balaban J connectivity index is 1.67. The maximum Gasteiger partial charge on any atom is 0.191 e. The first-order valence-corrected chi connectivity index (χ1v) is 10.9. The third-order valence-electron chi connectivity index (χ3n) is 4.77. The van der Waals surface area contributed by atoms with Crippen molar-refractivity contribution in [3.8, 4) is 0 Å². The van der Waals surface area contributed by atoms with Crippen molar-refractivity contribution < 1.29 is 4.79 Å². The van der Waals surface area contributed by atoms with Crippen molar-refractivity contribution in [2.24, 2.45) is 7.05 Å². The molecule has 0 unspecified atom stereocenters. The van der Waals surface area contributed by atoms with Crippen LogP contribution in [0, 0.1) is 27.7 Å². The van der Waals surface area contributed by atoms with Gasteiger partial charge in [-0.15, -0.1) is 10.2 Å². The Hall–Kier alpha value is -2.19. The van der Waals surface area contributed by atoms with Gasteiger partial charge >= 0.3 is 0 Å². The molecule has 1 aromatic carbocycles. The lowest BCUT2D eigenvalue weighted by atomic mass is 9.92. The number of hydrogen-bond acceptors (Lipinski definition) is 7. The zero-order chi connectivity index (χ0) is 20.3. The van der Waals surface area contributed by atoms with E-state index >= 15 is 0 Å². The summed E-state index contributed by atoms with van der Waals surface area (Å²) in [5.41, 5.74) is 5.26. The van der Waals surface area contributed by atoms with Crippen molar-refractivity contribution in [2.75, 3.05) is 5.75 Å². The second kappa shape index (κ2) is 8.87. The Morgan fingerprint density at radius 3 is 2.29 bits per heavy atom. The third kappa shape index (κ3) is 4.44. The zero-order valence-corrected chi connectivity index (χ0v) is 18.3. The van der Waals surface area contributed by atoms with Crippen LogP contribution in [0.1, 0.15) is 38.4 Å². The SMILES string of the molecule is Cc1cc(C)c(C)c(C(=O)CSc2nnc(CSc3ncccn3)n2C)c1C. The van der Waals surface area contributed by atoms with Crippen molar-refractivity contribution >= 4 is 29.3 Å². The smallest absolute Gasteiger partial charge is 0.191 e. The fraction of sp³-hybridized carbons (Fsp3) is 0.350. The summed E-state index contributed by atoms with van der Waals surface area (Å²) >= 11 is 2.93. The summed E-state index contributed by atoms with van der Waals surface area (Å²) in [5.74, 6) is 1.91. The first-order valence-electron chi connectivity index (χ1n) is 8.90. The lowest BCUT2D eigenvalue weighted by Crippen LogP contribution is -2.10. The van der Waals surface area contributed by atoms with Crippen LogP contribution in [0.4, 0.5) is 0 Å². The number of aromatic nitrogens is 5. The maximum absolute atomic E-state index is 12.9. The van der Waals surface area contributed by atoms with Crippen molar-refractivity contribution in [1.29, 1.82) is 0 Å². The lowest BCUT2D eigenvalue weighted by molar-refractivity contribution is 0.102. The van der Waals surface area contributed by atoms with Crippen LogP contribution in [0.15, 0.2) is 34.8 Å². The Morgan fingerprint density at radius 2 is 1.64 bits per heavy atom. The molecule has 0 aliphatic rings. The first-order chi connectivity index (χ1) is 13.4. The molecule has 146 valence electrons. The number of Topliss-reactive ketones (excluding diaryl/α,β-unsaturated/α-hetero) is 1. The molecule has 0 aliphatic heterocycles. The fourth-order valence-electron chi connectivity index (χ4n) is 2.92. The maximum atomic E-state index is 12.9. The molecule has 0 spiro atoms. The van der Waals surface area contributed by atoms with E-state index in [-0.39, 0.29) is 5.78 Å². The molecule has 0 aliphatic carbocycles. The van der Waals surface area contributed by atoms with E-state index in [1.54, 1.807) is 18.5 Å². The molecule has 2 aromatic heterocycles. The van der Waals surface area contributed by atoms with E-state index in [1.165, 1.54) is 23.5 Å². The topological polar surface area (TPSA) is 73.6 Å². The van der Waals surface area contributed by atoms with E-state index < -0.39 is 0 Å². The van der Waals surface area contributed by atoms with Crippen LogP contribution in [0.3, 0.4) is 0 Å². The fourth-order valence-corrected chi connectivity index (χ4v) is 4.51. The second-order valence-electron chi connectivity index (χ2n) is 6.63. The average molecular weight is 414 g/mol. The van der Waals surface area contributed by atoms with Crippen LogP contribution >= 0.6 is 23.5 Å².